The van der Waals surface area contributed by atoms with Gasteiger partial charge in [0.15, 0.2) is 0 Å². The highest BCUT2D eigenvalue weighted by atomic mass is 19.3. The number of aliphatic carboxylic acids is 1. The monoisotopic (exact) mass is 260 g/mol. The largest absolute Gasteiger partial charge is 0.478 e. The van der Waals surface area contributed by atoms with Crippen molar-refractivity contribution in [1.82, 2.24) is 0 Å². The zero-order valence-corrected chi connectivity index (χ0v) is 8.77. The van der Waals surface area contributed by atoms with Crippen molar-refractivity contribution < 1.29 is 32.6 Å². The van der Waals surface area contributed by atoms with Crippen LogP contribution in [0.3, 0.4) is 0 Å². The number of hydrogen-bond donors (Lipinski definition) is 1. The number of aldehydes is 1. The molecule has 0 aliphatic heterocycles. The topological polar surface area (TPSA) is 63.6 Å². The molecule has 0 aliphatic carbocycles. The third kappa shape index (κ3) is 3.62. The van der Waals surface area contributed by atoms with E-state index in [4.69, 9.17) is 5.11 Å². The summed E-state index contributed by atoms with van der Waals surface area (Å²) in [5, 5.41) is 8.38. The van der Waals surface area contributed by atoms with E-state index in [2.05, 4.69) is 4.74 Å². The molecule has 0 atom stereocenters. The molecule has 0 unspecified atom stereocenters. The van der Waals surface area contributed by atoms with Gasteiger partial charge in [-0.1, -0.05) is 0 Å². The minimum atomic E-state index is -3.22. The predicted molar refractivity (Wildman–Crippen MR) is 55.1 cm³/mol. The molecule has 18 heavy (non-hydrogen) atoms. The van der Waals surface area contributed by atoms with Gasteiger partial charge in [0.25, 0.3) is 0 Å². The number of halogens is 3. The van der Waals surface area contributed by atoms with E-state index < -0.39 is 29.7 Å². The van der Waals surface area contributed by atoms with Crippen molar-refractivity contribution in [3.05, 3.63) is 35.2 Å². The molecular weight excluding hydrogens is 253 g/mol. The highest BCUT2D eigenvalue weighted by Crippen LogP contribution is 2.26. The van der Waals surface area contributed by atoms with Crippen LogP contribution in [0.1, 0.15) is 15.9 Å². The molecule has 4 nitrogen and oxygen atoms in total. The summed E-state index contributed by atoms with van der Waals surface area (Å²) < 4.78 is 41.7. The molecule has 1 aromatic carbocycles. The first-order valence-electron chi connectivity index (χ1n) is 4.58. The molecule has 0 saturated carbocycles. The molecule has 0 aliphatic rings. The van der Waals surface area contributed by atoms with Crippen LogP contribution in [0.25, 0.3) is 6.08 Å². The second-order valence-electron chi connectivity index (χ2n) is 3.08. The van der Waals surface area contributed by atoms with Gasteiger partial charge in [0.1, 0.15) is 17.9 Å². The second kappa shape index (κ2) is 5.85. The molecule has 1 N–H and O–H groups in total. The van der Waals surface area contributed by atoms with Crippen LogP contribution in [0.2, 0.25) is 0 Å². The van der Waals surface area contributed by atoms with E-state index in [-0.39, 0.29) is 11.8 Å². The molecule has 0 saturated heterocycles. The molecular formula is C11H7F3O4. The fourth-order valence-corrected chi connectivity index (χ4v) is 1.19. The molecule has 0 amide bonds. The Morgan fingerprint density at radius 1 is 1.39 bits per heavy atom. The van der Waals surface area contributed by atoms with Crippen LogP contribution in [0, 0.1) is 5.82 Å². The SMILES string of the molecule is O=Cc1cc(F)c(/C=C/C(=O)O)c(OC(F)F)c1. The summed E-state index contributed by atoms with van der Waals surface area (Å²) in [7, 11) is 0. The van der Waals surface area contributed by atoms with Crippen molar-refractivity contribution >= 4 is 18.3 Å². The number of carbonyl (C=O) groups excluding carboxylic acids is 1. The minimum Gasteiger partial charge on any atom is -0.478 e. The fourth-order valence-electron chi connectivity index (χ4n) is 1.19. The van der Waals surface area contributed by atoms with Gasteiger partial charge >= 0.3 is 12.6 Å². The molecule has 0 bridgehead atoms. The van der Waals surface area contributed by atoms with E-state index >= 15 is 0 Å². The Kier molecular flexibility index (Phi) is 4.47. The summed E-state index contributed by atoms with van der Waals surface area (Å²) in [6, 6.07) is 1.68. The molecule has 1 aromatic rings. The van der Waals surface area contributed by atoms with Gasteiger partial charge in [-0.05, 0) is 18.2 Å². The molecule has 7 heteroatoms. The van der Waals surface area contributed by atoms with Crippen LogP contribution in [0.5, 0.6) is 5.75 Å². The third-order valence-corrected chi connectivity index (χ3v) is 1.86. The summed E-state index contributed by atoms with van der Waals surface area (Å²) >= 11 is 0. The maximum absolute atomic E-state index is 13.5. The Morgan fingerprint density at radius 3 is 2.56 bits per heavy atom. The first kappa shape index (κ1) is 13.8. The van der Waals surface area contributed by atoms with Crippen LogP contribution < -0.4 is 4.74 Å². The number of carboxylic acid groups (broad SMARTS) is 1. The van der Waals surface area contributed by atoms with Crippen molar-refractivity contribution in [2.45, 2.75) is 6.61 Å². The zero-order chi connectivity index (χ0) is 13.7. The van der Waals surface area contributed by atoms with E-state index in [0.717, 1.165) is 18.2 Å². The number of alkyl halides is 2. The quantitative estimate of drug-likeness (QED) is 0.652. The molecule has 0 fully saturated rings. The first-order valence-corrected chi connectivity index (χ1v) is 4.58. The number of carboxylic acids is 1. The van der Waals surface area contributed by atoms with Crippen molar-refractivity contribution in [3.8, 4) is 5.75 Å². The Bertz CT molecular complexity index is 497. The van der Waals surface area contributed by atoms with Gasteiger partial charge in [-0.2, -0.15) is 8.78 Å². The van der Waals surface area contributed by atoms with Crippen LogP contribution in [-0.2, 0) is 4.79 Å². The van der Waals surface area contributed by atoms with Crippen molar-refractivity contribution in [2.24, 2.45) is 0 Å². The summed E-state index contributed by atoms with van der Waals surface area (Å²) in [5.74, 6) is -3.02. The van der Waals surface area contributed by atoms with Gasteiger partial charge in [0, 0.05) is 11.6 Å². The first-order chi connectivity index (χ1) is 8.43. The molecule has 96 valence electrons. The van der Waals surface area contributed by atoms with Gasteiger partial charge in [-0.15, -0.1) is 0 Å². The lowest BCUT2D eigenvalue weighted by atomic mass is 10.1. The van der Waals surface area contributed by atoms with Crippen LogP contribution in [0.15, 0.2) is 18.2 Å². The summed E-state index contributed by atoms with van der Waals surface area (Å²) in [5.41, 5.74) is -0.668. The van der Waals surface area contributed by atoms with Crippen molar-refractivity contribution in [1.29, 1.82) is 0 Å². The average Bonchev–Trinajstić information content (AvgIpc) is 2.26. The summed E-state index contributed by atoms with van der Waals surface area (Å²) in [4.78, 5) is 20.7. The lowest BCUT2D eigenvalue weighted by Crippen LogP contribution is -2.05. The lowest BCUT2D eigenvalue weighted by molar-refractivity contribution is -0.131. The maximum Gasteiger partial charge on any atom is 0.387 e. The van der Waals surface area contributed by atoms with Crippen LogP contribution in [-0.4, -0.2) is 24.0 Å². The van der Waals surface area contributed by atoms with Crippen molar-refractivity contribution in [3.63, 3.8) is 0 Å². The number of hydrogen-bond acceptors (Lipinski definition) is 3. The second-order valence-corrected chi connectivity index (χ2v) is 3.08. The number of carbonyl (C=O) groups is 2. The number of benzene rings is 1. The highest BCUT2D eigenvalue weighted by molar-refractivity contribution is 5.86. The minimum absolute atomic E-state index is 0.198. The average molecular weight is 260 g/mol. The molecule has 0 radical (unpaired) electrons. The maximum atomic E-state index is 13.5. The zero-order valence-electron chi connectivity index (χ0n) is 8.77. The van der Waals surface area contributed by atoms with E-state index in [1.54, 1.807) is 0 Å². The Morgan fingerprint density at radius 2 is 2.06 bits per heavy atom. The predicted octanol–water partition coefficient (Wildman–Crippen LogP) is 2.34. The van der Waals surface area contributed by atoms with Crippen molar-refractivity contribution in [2.75, 3.05) is 0 Å². The summed E-state index contributed by atoms with van der Waals surface area (Å²) in [6.45, 7) is -3.22. The van der Waals surface area contributed by atoms with Crippen LogP contribution >= 0.6 is 0 Å². The van der Waals surface area contributed by atoms with Gasteiger partial charge in [0.05, 0.1) is 5.56 Å². The number of ether oxygens (including phenoxy) is 1. The third-order valence-electron chi connectivity index (χ3n) is 1.86. The van der Waals surface area contributed by atoms with Gasteiger partial charge < -0.3 is 9.84 Å². The Labute approximate surface area is 99.3 Å². The van der Waals surface area contributed by atoms with Gasteiger partial charge in [-0.25, -0.2) is 9.18 Å². The van der Waals surface area contributed by atoms with E-state index in [9.17, 15) is 22.8 Å². The van der Waals surface area contributed by atoms with Gasteiger partial charge in [0.2, 0.25) is 0 Å². The molecule has 0 aromatic heterocycles. The number of rotatable bonds is 5. The normalized spacial score (nSPS) is 10.9. The Balaban J connectivity index is 3.27. The molecule has 1 rings (SSSR count). The van der Waals surface area contributed by atoms with E-state index in [1.165, 1.54) is 0 Å². The summed E-state index contributed by atoms with van der Waals surface area (Å²) in [6.07, 6.45) is 1.59. The standard InChI is InChI=1S/C11H7F3O4/c12-8-3-6(5-15)4-9(18-11(13)14)7(8)1-2-10(16)17/h1-5,11H,(H,16,17)/b2-1+. The fraction of sp³-hybridized carbons (Fsp3) is 0.0909. The van der Waals surface area contributed by atoms with E-state index in [1.807, 2.05) is 0 Å². The Hall–Kier alpha value is -2.31. The lowest BCUT2D eigenvalue weighted by Gasteiger charge is -2.09. The van der Waals surface area contributed by atoms with E-state index in [0.29, 0.717) is 6.08 Å². The molecule has 0 spiro atoms. The van der Waals surface area contributed by atoms with Crippen LogP contribution in [0.4, 0.5) is 13.2 Å². The smallest absolute Gasteiger partial charge is 0.387 e. The molecule has 0 heterocycles. The highest BCUT2D eigenvalue weighted by Gasteiger charge is 2.14. The van der Waals surface area contributed by atoms with Gasteiger partial charge in [-0.3, -0.25) is 4.79 Å².